The molecule has 5 aliphatic carbocycles. The van der Waals surface area contributed by atoms with Crippen LogP contribution in [0, 0.1) is 50.2 Å². The predicted octanol–water partition coefficient (Wildman–Crippen LogP) is 8.44. The van der Waals surface area contributed by atoms with Gasteiger partial charge in [-0.25, -0.2) is 4.79 Å². The minimum absolute atomic E-state index is 0.0682. The standard InChI is InChI=1S/C57H81NO15/c1-33(59)58-46-41(69-35(3)61)30-57(50(65)66-13,73-48(46)47(71-37(5)63)42(70-36(4)62)32-67-34(2)60)72-45-22-23-53(10)43(52(45,8)9)21-24-55(12)44(53)20-19-39-40-29-51(6,7)25-27-56(40,28-26-54(39,55)11)49(64)68-31-38-17-15-14-16-18-38/h14-19,40-48H,20-32H2,1-13H3,(H,58,59)/t40-,41-,42+,43-,44+,45-,46+,47+,48+,53-,54+,55+,56-,57+/m0/s1. The molecule has 6 aliphatic rings. The van der Waals surface area contributed by atoms with Crippen LogP contribution < -0.4 is 5.32 Å². The monoisotopic (exact) mass is 1020 g/mol. The van der Waals surface area contributed by atoms with Gasteiger partial charge in [-0.15, -0.1) is 0 Å². The average molecular weight is 1020 g/mol. The highest BCUT2D eigenvalue weighted by molar-refractivity contribution is 5.80. The van der Waals surface area contributed by atoms with Crippen LogP contribution in [0.3, 0.4) is 0 Å². The SMILES string of the molecule is COC(=O)[C@@]1(O[C@H]2CC[C@]3(C)[C@H]4CC=C5[C@@H]6CC(C)(C)CC[C@]6(C(=O)OCc6ccccc6)CC[C@@]5(C)[C@]4(C)CC[C@H]3C2(C)C)C[C@H](OC(C)=O)[C@@H](NC(C)=O)[C@H]([C@H](OC(C)=O)[C@@H](COC(C)=O)OC(C)=O)O1. The summed E-state index contributed by atoms with van der Waals surface area (Å²) >= 11 is 0. The van der Waals surface area contributed by atoms with Gasteiger partial charge in [0.2, 0.25) is 5.91 Å². The van der Waals surface area contributed by atoms with E-state index in [0.717, 1.165) is 84.1 Å². The van der Waals surface area contributed by atoms with Gasteiger partial charge in [0.15, 0.2) is 12.2 Å². The van der Waals surface area contributed by atoms with E-state index in [0.29, 0.717) is 6.42 Å². The van der Waals surface area contributed by atoms with Crippen molar-refractivity contribution < 1.29 is 71.5 Å². The normalized spacial score (nSPS) is 36.8. The van der Waals surface area contributed by atoms with Crippen molar-refractivity contribution in [3.05, 3.63) is 47.5 Å². The summed E-state index contributed by atoms with van der Waals surface area (Å²) in [6.07, 6.45) is 3.57. The molecule has 7 rings (SSSR count). The number of amides is 1. The number of hydrogen-bond acceptors (Lipinski definition) is 15. The van der Waals surface area contributed by atoms with Crippen molar-refractivity contribution in [2.45, 2.75) is 203 Å². The van der Waals surface area contributed by atoms with Crippen molar-refractivity contribution >= 4 is 41.7 Å². The minimum atomic E-state index is -2.32. The molecule has 14 atom stereocenters. The molecule has 0 aromatic heterocycles. The van der Waals surface area contributed by atoms with E-state index in [1.807, 2.05) is 30.3 Å². The van der Waals surface area contributed by atoms with E-state index in [1.54, 1.807) is 0 Å². The van der Waals surface area contributed by atoms with Gasteiger partial charge in [-0.05, 0) is 115 Å². The van der Waals surface area contributed by atoms with E-state index in [9.17, 15) is 33.6 Å². The molecule has 16 nitrogen and oxygen atoms in total. The molecule has 16 heteroatoms. The second-order valence-corrected chi connectivity index (χ2v) is 24.3. The Labute approximate surface area is 431 Å². The Bertz CT molecular complexity index is 2330. The molecule has 0 radical (unpaired) electrons. The topological polar surface area (TPSA) is 205 Å². The molecule has 1 N–H and O–H groups in total. The van der Waals surface area contributed by atoms with E-state index in [2.05, 4.69) is 59.9 Å². The Morgan fingerprint density at radius 2 is 1.40 bits per heavy atom. The molecular weight excluding hydrogens is 939 g/mol. The Balaban J connectivity index is 1.23. The summed E-state index contributed by atoms with van der Waals surface area (Å²) in [6, 6.07) is 8.59. The number of allylic oxidation sites excluding steroid dienone is 2. The van der Waals surface area contributed by atoms with Crippen LogP contribution in [0.15, 0.2) is 42.0 Å². The van der Waals surface area contributed by atoms with E-state index in [1.165, 1.54) is 26.5 Å². The molecule has 0 unspecified atom stereocenters. The van der Waals surface area contributed by atoms with E-state index in [-0.39, 0.29) is 52.0 Å². The Hall–Kier alpha value is -4.83. The molecule has 1 aromatic carbocycles. The summed E-state index contributed by atoms with van der Waals surface area (Å²) in [4.78, 5) is 92.5. The number of carbonyl (C=O) groups excluding carboxylic acids is 7. The molecule has 1 aromatic rings. The maximum atomic E-state index is 14.6. The van der Waals surface area contributed by atoms with Crippen molar-refractivity contribution in [1.82, 2.24) is 5.32 Å². The fourth-order valence-electron chi connectivity index (χ4n) is 15.4. The lowest BCUT2D eigenvalue weighted by atomic mass is 9.33. The van der Waals surface area contributed by atoms with Gasteiger partial charge in [0.25, 0.3) is 5.79 Å². The van der Waals surface area contributed by atoms with Crippen molar-refractivity contribution in [3.8, 4) is 0 Å². The third-order valence-electron chi connectivity index (χ3n) is 19.0. The zero-order valence-electron chi connectivity index (χ0n) is 45.5. The first-order valence-corrected chi connectivity index (χ1v) is 26.4. The minimum Gasteiger partial charge on any atom is -0.465 e. The van der Waals surface area contributed by atoms with Gasteiger partial charge < -0.3 is 43.2 Å². The van der Waals surface area contributed by atoms with Gasteiger partial charge in [0, 0.05) is 34.6 Å². The van der Waals surface area contributed by atoms with Crippen LogP contribution in [0.4, 0.5) is 0 Å². The maximum absolute atomic E-state index is 14.6. The Morgan fingerprint density at radius 1 is 0.726 bits per heavy atom. The second-order valence-electron chi connectivity index (χ2n) is 24.3. The van der Waals surface area contributed by atoms with Crippen molar-refractivity contribution in [2.24, 2.45) is 50.2 Å². The van der Waals surface area contributed by atoms with E-state index < -0.39 is 102 Å². The number of carbonyl (C=O) groups is 7. The third-order valence-corrected chi connectivity index (χ3v) is 19.0. The van der Waals surface area contributed by atoms with Crippen molar-refractivity contribution in [1.29, 1.82) is 0 Å². The lowest BCUT2D eigenvalue weighted by Gasteiger charge is -2.71. The molecule has 1 saturated heterocycles. The summed E-state index contributed by atoms with van der Waals surface area (Å²) in [5, 5.41) is 2.75. The molecule has 1 aliphatic heterocycles. The number of hydrogen-bond donors (Lipinski definition) is 1. The van der Waals surface area contributed by atoms with Gasteiger partial charge >= 0.3 is 35.8 Å². The number of nitrogens with one attached hydrogen (secondary N) is 1. The van der Waals surface area contributed by atoms with Gasteiger partial charge in [0.05, 0.1) is 31.1 Å². The molecule has 404 valence electrons. The van der Waals surface area contributed by atoms with E-state index >= 15 is 0 Å². The van der Waals surface area contributed by atoms with Crippen LogP contribution in [0.25, 0.3) is 0 Å². The molecule has 0 bridgehead atoms. The van der Waals surface area contributed by atoms with Crippen molar-refractivity contribution in [2.75, 3.05) is 13.7 Å². The molecule has 73 heavy (non-hydrogen) atoms. The molecular formula is C57H81NO15. The zero-order chi connectivity index (χ0) is 53.7. The zero-order valence-corrected chi connectivity index (χ0v) is 45.5. The first-order valence-electron chi connectivity index (χ1n) is 26.4. The number of esters is 6. The second kappa shape index (κ2) is 20.7. The fourth-order valence-corrected chi connectivity index (χ4v) is 15.4. The van der Waals surface area contributed by atoms with Gasteiger partial charge in [-0.3, -0.25) is 28.8 Å². The summed E-state index contributed by atoms with van der Waals surface area (Å²) in [6.45, 7) is 21.8. The smallest absolute Gasteiger partial charge is 0.366 e. The Morgan fingerprint density at radius 3 is 2.01 bits per heavy atom. The first kappa shape index (κ1) is 55.9. The molecule has 1 amide bonds. The fraction of sp³-hybridized carbons (Fsp3) is 0.737. The number of ether oxygens (including phenoxy) is 8. The first-order chi connectivity index (χ1) is 34.1. The number of benzene rings is 1. The predicted molar refractivity (Wildman–Crippen MR) is 265 cm³/mol. The number of rotatable bonds is 14. The summed E-state index contributed by atoms with van der Waals surface area (Å²) in [7, 11) is 1.17. The number of methoxy groups -OCH3 is 1. The molecule has 1 heterocycles. The summed E-state index contributed by atoms with van der Waals surface area (Å²) in [5.74, 6) is -6.67. The van der Waals surface area contributed by atoms with Crippen LogP contribution >= 0.6 is 0 Å². The quantitative estimate of drug-likeness (QED) is 0.0804. The Kier molecular flexibility index (Phi) is 15.9. The molecule has 5 fully saturated rings. The van der Waals surface area contributed by atoms with Gasteiger partial charge in [-0.1, -0.05) is 90.4 Å². The third kappa shape index (κ3) is 10.5. The van der Waals surface area contributed by atoms with Gasteiger partial charge in [0.1, 0.15) is 25.4 Å². The van der Waals surface area contributed by atoms with Crippen LogP contribution in [0.5, 0.6) is 0 Å². The summed E-state index contributed by atoms with van der Waals surface area (Å²) < 4.78 is 48.1. The average Bonchev–Trinajstić information content (AvgIpc) is 3.30. The largest absolute Gasteiger partial charge is 0.465 e. The molecule has 4 saturated carbocycles. The number of fused-ring (bicyclic) bond motifs is 7. The lowest BCUT2D eigenvalue weighted by Crippen LogP contribution is -2.70. The lowest BCUT2D eigenvalue weighted by molar-refractivity contribution is -0.343. The molecule has 0 spiro atoms. The van der Waals surface area contributed by atoms with Crippen LogP contribution in [0.1, 0.15) is 159 Å². The van der Waals surface area contributed by atoms with Crippen LogP contribution in [-0.4, -0.2) is 97.8 Å². The van der Waals surface area contributed by atoms with Crippen LogP contribution in [0.2, 0.25) is 0 Å². The van der Waals surface area contributed by atoms with Crippen LogP contribution in [-0.2, 0) is 78.1 Å². The highest BCUT2D eigenvalue weighted by Crippen LogP contribution is 2.76. The highest BCUT2D eigenvalue weighted by Gasteiger charge is 2.70. The van der Waals surface area contributed by atoms with E-state index in [4.69, 9.17) is 37.9 Å². The summed E-state index contributed by atoms with van der Waals surface area (Å²) in [5.41, 5.74) is 0.839. The van der Waals surface area contributed by atoms with Gasteiger partial charge in [-0.2, -0.15) is 0 Å². The van der Waals surface area contributed by atoms with Crippen molar-refractivity contribution in [3.63, 3.8) is 0 Å². The maximum Gasteiger partial charge on any atom is 0.366 e. The highest BCUT2D eigenvalue weighted by atomic mass is 16.7.